The third-order valence-electron chi connectivity index (χ3n) is 2.95. The van der Waals surface area contributed by atoms with Gasteiger partial charge in [0.2, 0.25) is 11.8 Å². The summed E-state index contributed by atoms with van der Waals surface area (Å²) in [5.41, 5.74) is 4.61. The predicted octanol–water partition coefficient (Wildman–Crippen LogP) is 0.281. The normalized spacial score (nSPS) is 20.8. The van der Waals surface area contributed by atoms with Crippen LogP contribution in [-0.2, 0) is 14.3 Å². The SMILES string of the molecule is CC(C)(C)OC(=O)N[C@@H](C[C@@H]1CCCNC1=O)C(N)=O. The van der Waals surface area contributed by atoms with Crippen molar-refractivity contribution in [2.45, 2.75) is 51.7 Å². The molecule has 0 aromatic rings. The van der Waals surface area contributed by atoms with Crippen LogP contribution in [0.4, 0.5) is 4.79 Å². The zero-order valence-corrected chi connectivity index (χ0v) is 12.2. The summed E-state index contributed by atoms with van der Waals surface area (Å²) >= 11 is 0. The number of ether oxygens (including phenoxy) is 1. The Kier molecular flexibility index (Phi) is 5.35. The van der Waals surface area contributed by atoms with E-state index in [-0.39, 0.29) is 18.2 Å². The third kappa shape index (κ3) is 5.46. The van der Waals surface area contributed by atoms with E-state index in [1.54, 1.807) is 20.8 Å². The van der Waals surface area contributed by atoms with Crippen LogP contribution in [0.1, 0.15) is 40.0 Å². The van der Waals surface area contributed by atoms with Crippen LogP contribution in [0.3, 0.4) is 0 Å². The van der Waals surface area contributed by atoms with E-state index in [1.165, 1.54) is 0 Å². The monoisotopic (exact) mass is 285 g/mol. The lowest BCUT2D eigenvalue weighted by molar-refractivity contribution is -0.127. The molecule has 1 rings (SSSR count). The van der Waals surface area contributed by atoms with Crippen LogP contribution in [0, 0.1) is 5.92 Å². The molecule has 7 nitrogen and oxygen atoms in total. The number of piperidine rings is 1. The predicted molar refractivity (Wildman–Crippen MR) is 72.7 cm³/mol. The average molecular weight is 285 g/mol. The highest BCUT2D eigenvalue weighted by Gasteiger charge is 2.30. The molecule has 20 heavy (non-hydrogen) atoms. The molecular weight excluding hydrogens is 262 g/mol. The van der Waals surface area contributed by atoms with E-state index >= 15 is 0 Å². The van der Waals surface area contributed by atoms with Gasteiger partial charge in [0.15, 0.2) is 0 Å². The van der Waals surface area contributed by atoms with Crippen LogP contribution in [0.5, 0.6) is 0 Å². The van der Waals surface area contributed by atoms with Crippen LogP contribution >= 0.6 is 0 Å². The number of carbonyl (C=O) groups is 3. The van der Waals surface area contributed by atoms with Crippen LogP contribution in [-0.4, -0.2) is 36.1 Å². The number of nitrogens with one attached hydrogen (secondary N) is 2. The first-order valence-corrected chi connectivity index (χ1v) is 6.75. The fraction of sp³-hybridized carbons (Fsp3) is 0.769. The van der Waals surface area contributed by atoms with Crippen molar-refractivity contribution in [3.8, 4) is 0 Å². The lowest BCUT2D eigenvalue weighted by Gasteiger charge is -2.26. The first-order valence-electron chi connectivity index (χ1n) is 6.75. The van der Waals surface area contributed by atoms with Crippen molar-refractivity contribution in [2.75, 3.05) is 6.54 Å². The van der Waals surface area contributed by atoms with Gasteiger partial charge in [-0.3, -0.25) is 9.59 Å². The van der Waals surface area contributed by atoms with Crippen molar-refractivity contribution in [1.82, 2.24) is 10.6 Å². The van der Waals surface area contributed by atoms with Crippen LogP contribution in [0.15, 0.2) is 0 Å². The van der Waals surface area contributed by atoms with Crippen molar-refractivity contribution in [3.05, 3.63) is 0 Å². The van der Waals surface area contributed by atoms with E-state index < -0.39 is 23.6 Å². The molecule has 0 radical (unpaired) electrons. The zero-order chi connectivity index (χ0) is 15.3. The van der Waals surface area contributed by atoms with Gasteiger partial charge in [0.25, 0.3) is 0 Å². The van der Waals surface area contributed by atoms with Crippen molar-refractivity contribution in [3.63, 3.8) is 0 Å². The second-order valence-electron chi connectivity index (χ2n) is 5.97. The summed E-state index contributed by atoms with van der Waals surface area (Å²) in [5.74, 6) is -1.08. The van der Waals surface area contributed by atoms with Gasteiger partial charge in [-0.15, -0.1) is 0 Å². The molecule has 0 aromatic carbocycles. The lowest BCUT2D eigenvalue weighted by Crippen LogP contribution is -2.49. The lowest BCUT2D eigenvalue weighted by atomic mass is 9.91. The van der Waals surface area contributed by atoms with Crippen LogP contribution < -0.4 is 16.4 Å². The van der Waals surface area contributed by atoms with E-state index in [2.05, 4.69) is 10.6 Å². The molecule has 0 aromatic heterocycles. The molecule has 114 valence electrons. The fourth-order valence-electron chi connectivity index (χ4n) is 2.04. The summed E-state index contributed by atoms with van der Waals surface area (Å²) in [6.07, 6.45) is 1.03. The van der Waals surface area contributed by atoms with Gasteiger partial charge in [-0.1, -0.05) is 0 Å². The van der Waals surface area contributed by atoms with Gasteiger partial charge in [0, 0.05) is 12.5 Å². The first kappa shape index (κ1) is 16.3. The number of nitrogens with two attached hydrogens (primary N) is 1. The molecule has 3 amide bonds. The van der Waals surface area contributed by atoms with Gasteiger partial charge < -0.3 is 21.1 Å². The Hall–Kier alpha value is -1.79. The number of hydrogen-bond acceptors (Lipinski definition) is 4. The summed E-state index contributed by atoms with van der Waals surface area (Å²) in [7, 11) is 0. The Labute approximate surface area is 118 Å². The molecule has 7 heteroatoms. The van der Waals surface area contributed by atoms with E-state index in [9.17, 15) is 14.4 Å². The second kappa shape index (κ2) is 6.58. The van der Waals surface area contributed by atoms with Gasteiger partial charge in [-0.2, -0.15) is 0 Å². The molecule has 1 heterocycles. The molecule has 2 atom stereocenters. The number of primary amides is 1. The third-order valence-corrected chi connectivity index (χ3v) is 2.95. The zero-order valence-electron chi connectivity index (χ0n) is 12.2. The van der Waals surface area contributed by atoms with E-state index in [0.717, 1.165) is 6.42 Å². The molecule has 0 saturated carbocycles. The molecule has 0 aliphatic carbocycles. The minimum absolute atomic E-state index is 0.103. The smallest absolute Gasteiger partial charge is 0.408 e. The highest BCUT2D eigenvalue weighted by atomic mass is 16.6. The van der Waals surface area contributed by atoms with Crippen molar-refractivity contribution < 1.29 is 19.1 Å². The van der Waals surface area contributed by atoms with E-state index in [0.29, 0.717) is 13.0 Å². The molecule has 1 saturated heterocycles. The molecule has 0 spiro atoms. The quantitative estimate of drug-likeness (QED) is 0.689. The van der Waals surface area contributed by atoms with Crippen molar-refractivity contribution in [2.24, 2.45) is 11.7 Å². The van der Waals surface area contributed by atoms with E-state index in [1.807, 2.05) is 0 Å². The second-order valence-corrected chi connectivity index (χ2v) is 5.97. The Morgan fingerprint density at radius 1 is 1.50 bits per heavy atom. The maximum Gasteiger partial charge on any atom is 0.408 e. The molecule has 1 fully saturated rings. The number of alkyl carbamates (subject to hydrolysis) is 1. The molecule has 0 unspecified atom stereocenters. The fourth-order valence-corrected chi connectivity index (χ4v) is 2.04. The molecule has 4 N–H and O–H groups in total. The summed E-state index contributed by atoms with van der Waals surface area (Å²) < 4.78 is 5.08. The summed E-state index contributed by atoms with van der Waals surface area (Å²) in [4.78, 5) is 34.7. The standard InChI is InChI=1S/C13H23N3O4/c1-13(2,3)20-12(19)16-9(10(14)17)7-8-5-4-6-15-11(8)18/h8-9H,4-7H2,1-3H3,(H2,14,17)(H,15,18)(H,16,19)/t8-,9-/m0/s1. The van der Waals surface area contributed by atoms with Gasteiger partial charge in [0.05, 0.1) is 0 Å². The molecule has 1 aliphatic rings. The number of rotatable bonds is 4. The van der Waals surface area contributed by atoms with Gasteiger partial charge in [0.1, 0.15) is 11.6 Å². The Morgan fingerprint density at radius 3 is 2.65 bits per heavy atom. The van der Waals surface area contributed by atoms with E-state index in [4.69, 9.17) is 10.5 Å². The van der Waals surface area contributed by atoms with Crippen molar-refractivity contribution in [1.29, 1.82) is 0 Å². The highest BCUT2D eigenvalue weighted by molar-refractivity contribution is 5.86. The molecular formula is C13H23N3O4. The Balaban J connectivity index is 2.58. The maximum absolute atomic E-state index is 11.7. The summed E-state index contributed by atoms with van der Waals surface area (Å²) in [6.45, 7) is 5.82. The minimum atomic E-state index is -0.904. The Bertz CT molecular complexity index is 390. The van der Waals surface area contributed by atoms with Crippen LogP contribution in [0.25, 0.3) is 0 Å². The van der Waals surface area contributed by atoms with Crippen LogP contribution in [0.2, 0.25) is 0 Å². The topological polar surface area (TPSA) is 111 Å². The van der Waals surface area contributed by atoms with Crippen molar-refractivity contribution >= 4 is 17.9 Å². The van der Waals surface area contributed by atoms with Gasteiger partial charge in [-0.25, -0.2) is 4.79 Å². The first-order chi connectivity index (χ1) is 9.19. The molecule has 1 aliphatic heterocycles. The maximum atomic E-state index is 11.7. The minimum Gasteiger partial charge on any atom is -0.444 e. The number of carbonyl (C=O) groups excluding carboxylic acids is 3. The van der Waals surface area contributed by atoms with Gasteiger partial charge in [-0.05, 0) is 40.0 Å². The number of hydrogen-bond donors (Lipinski definition) is 3. The summed E-state index contributed by atoms with van der Waals surface area (Å²) in [5, 5.41) is 5.16. The Morgan fingerprint density at radius 2 is 2.15 bits per heavy atom. The summed E-state index contributed by atoms with van der Waals surface area (Å²) in [6, 6.07) is -0.904. The highest BCUT2D eigenvalue weighted by Crippen LogP contribution is 2.17. The van der Waals surface area contributed by atoms with Gasteiger partial charge >= 0.3 is 6.09 Å². The molecule has 0 bridgehead atoms. The average Bonchev–Trinajstić information content (AvgIpc) is 2.28. The largest absolute Gasteiger partial charge is 0.444 e. The number of amides is 3.